The maximum absolute atomic E-state index is 11.9. The summed E-state index contributed by atoms with van der Waals surface area (Å²) < 4.78 is 0. The number of carbonyl (C=O) groups is 2. The quantitative estimate of drug-likeness (QED) is 0.864. The minimum Gasteiger partial charge on any atom is -0.329 e. The highest BCUT2D eigenvalue weighted by Crippen LogP contribution is 2.32. The fourth-order valence-corrected chi connectivity index (χ4v) is 2.60. The summed E-state index contributed by atoms with van der Waals surface area (Å²) in [6, 6.07) is 7.15. The zero-order valence-corrected chi connectivity index (χ0v) is 11.0. The number of halogens is 1. The average molecular weight is 283 g/mol. The molecule has 4 nitrogen and oxygen atoms in total. The molecule has 0 atom stereocenters. The third-order valence-corrected chi connectivity index (χ3v) is 3.67. The number of thioether (sulfide) groups is 1. The molecule has 0 aliphatic carbocycles. The van der Waals surface area contributed by atoms with Gasteiger partial charge in [0, 0.05) is 18.1 Å². The lowest BCUT2D eigenvalue weighted by Crippen LogP contribution is -2.33. The van der Waals surface area contributed by atoms with Crippen LogP contribution in [0.4, 0.5) is 4.79 Å². The Kier molecular flexibility index (Phi) is 4.06. The third-order valence-electron chi connectivity index (χ3n) is 2.42. The molecule has 1 fully saturated rings. The lowest BCUT2D eigenvalue weighted by atomic mass is 10.2. The van der Waals surface area contributed by atoms with E-state index in [1.165, 1.54) is 0 Å². The van der Waals surface area contributed by atoms with Gasteiger partial charge in [-0.15, -0.1) is 0 Å². The fraction of sp³-hybridized carbons (Fsp3) is 0.167. The molecular formula is C12H11ClN2O2S. The van der Waals surface area contributed by atoms with Crippen LogP contribution in [0.25, 0.3) is 6.08 Å². The van der Waals surface area contributed by atoms with Gasteiger partial charge in [0.1, 0.15) is 0 Å². The van der Waals surface area contributed by atoms with Gasteiger partial charge in [0.2, 0.25) is 0 Å². The Morgan fingerprint density at radius 2 is 2.06 bits per heavy atom. The fourth-order valence-electron chi connectivity index (χ4n) is 1.56. The van der Waals surface area contributed by atoms with Gasteiger partial charge in [-0.05, 0) is 29.5 Å². The summed E-state index contributed by atoms with van der Waals surface area (Å²) in [5.41, 5.74) is 6.08. The highest BCUT2D eigenvalue weighted by Gasteiger charge is 2.34. The van der Waals surface area contributed by atoms with Crippen LogP contribution in [0, 0.1) is 0 Å². The summed E-state index contributed by atoms with van der Waals surface area (Å²) in [5.74, 6) is -0.310. The number of hydrogen-bond donors (Lipinski definition) is 1. The van der Waals surface area contributed by atoms with Gasteiger partial charge < -0.3 is 5.73 Å². The van der Waals surface area contributed by atoms with Crippen LogP contribution in [0.2, 0.25) is 5.02 Å². The van der Waals surface area contributed by atoms with Gasteiger partial charge in [-0.3, -0.25) is 14.5 Å². The first-order valence-electron chi connectivity index (χ1n) is 5.33. The van der Waals surface area contributed by atoms with Crippen LogP contribution in [0.3, 0.4) is 0 Å². The molecule has 0 unspecified atom stereocenters. The van der Waals surface area contributed by atoms with E-state index in [0.29, 0.717) is 9.93 Å². The minimum absolute atomic E-state index is 0.241. The molecule has 2 rings (SSSR count). The van der Waals surface area contributed by atoms with E-state index in [2.05, 4.69) is 0 Å². The first-order chi connectivity index (χ1) is 8.63. The summed E-state index contributed by atoms with van der Waals surface area (Å²) in [4.78, 5) is 25.1. The number of nitrogens with two attached hydrogens (primary N) is 1. The molecule has 1 aromatic rings. The first-order valence-corrected chi connectivity index (χ1v) is 6.53. The van der Waals surface area contributed by atoms with E-state index in [1.54, 1.807) is 24.3 Å². The van der Waals surface area contributed by atoms with Crippen molar-refractivity contribution in [2.75, 3.05) is 13.1 Å². The lowest BCUT2D eigenvalue weighted by molar-refractivity contribution is -0.122. The van der Waals surface area contributed by atoms with Crippen molar-refractivity contribution in [2.45, 2.75) is 0 Å². The molecule has 1 aliphatic rings. The van der Waals surface area contributed by atoms with E-state index in [-0.39, 0.29) is 24.2 Å². The number of nitrogens with zero attached hydrogens (tertiary/aromatic N) is 1. The monoisotopic (exact) mass is 282 g/mol. The molecular weight excluding hydrogens is 272 g/mol. The Labute approximate surface area is 114 Å². The highest BCUT2D eigenvalue weighted by atomic mass is 35.5. The predicted molar refractivity (Wildman–Crippen MR) is 73.2 cm³/mol. The van der Waals surface area contributed by atoms with E-state index in [9.17, 15) is 9.59 Å². The summed E-state index contributed by atoms with van der Waals surface area (Å²) in [5, 5.41) is 0.256. The number of amides is 2. The second-order valence-electron chi connectivity index (χ2n) is 3.64. The second-order valence-corrected chi connectivity index (χ2v) is 5.04. The first kappa shape index (κ1) is 13.1. The summed E-state index contributed by atoms with van der Waals surface area (Å²) in [7, 11) is 0. The molecule has 1 aliphatic heterocycles. The van der Waals surface area contributed by atoms with Crippen LogP contribution in [-0.4, -0.2) is 29.1 Å². The second kappa shape index (κ2) is 5.56. The SMILES string of the molecule is NCCN1C(=O)SC(=Cc2ccccc2Cl)C1=O. The maximum atomic E-state index is 11.9. The zero-order valence-electron chi connectivity index (χ0n) is 9.43. The summed E-state index contributed by atoms with van der Waals surface area (Å²) in [6.07, 6.45) is 1.63. The molecule has 0 radical (unpaired) electrons. The molecule has 18 heavy (non-hydrogen) atoms. The van der Waals surface area contributed by atoms with Crippen LogP contribution in [0.5, 0.6) is 0 Å². The molecule has 1 aromatic carbocycles. The number of imide groups is 1. The zero-order chi connectivity index (χ0) is 13.1. The van der Waals surface area contributed by atoms with Crippen molar-refractivity contribution in [2.24, 2.45) is 5.73 Å². The molecule has 94 valence electrons. The molecule has 0 saturated carbocycles. The molecule has 6 heteroatoms. The van der Waals surface area contributed by atoms with Crippen LogP contribution in [0.15, 0.2) is 29.2 Å². The Bertz CT molecular complexity index is 531. The van der Waals surface area contributed by atoms with Crippen molar-refractivity contribution < 1.29 is 9.59 Å². The molecule has 0 bridgehead atoms. The molecule has 1 saturated heterocycles. The van der Waals surface area contributed by atoms with Gasteiger partial charge in [0.05, 0.1) is 4.91 Å². The standard InChI is InChI=1S/C12H11ClN2O2S/c13-9-4-2-1-3-8(9)7-10-11(16)15(6-5-14)12(17)18-10/h1-4,7H,5-6,14H2. The van der Waals surface area contributed by atoms with Crippen molar-refractivity contribution in [1.82, 2.24) is 4.90 Å². The van der Waals surface area contributed by atoms with Crippen molar-refractivity contribution >= 4 is 40.6 Å². The number of benzene rings is 1. The largest absolute Gasteiger partial charge is 0.329 e. The van der Waals surface area contributed by atoms with Gasteiger partial charge in [0.25, 0.3) is 11.1 Å². The van der Waals surface area contributed by atoms with E-state index < -0.39 is 0 Å². The Morgan fingerprint density at radius 1 is 1.33 bits per heavy atom. The highest BCUT2D eigenvalue weighted by molar-refractivity contribution is 8.18. The van der Waals surface area contributed by atoms with Gasteiger partial charge in [-0.25, -0.2) is 0 Å². The Morgan fingerprint density at radius 3 is 2.72 bits per heavy atom. The molecule has 2 N–H and O–H groups in total. The van der Waals surface area contributed by atoms with E-state index in [4.69, 9.17) is 17.3 Å². The van der Waals surface area contributed by atoms with Crippen LogP contribution < -0.4 is 5.73 Å². The van der Waals surface area contributed by atoms with Crippen molar-refractivity contribution in [1.29, 1.82) is 0 Å². The van der Waals surface area contributed by atoms with Crippen LogP contribution >= 0.6 is 23.4 Å². The predicted octanol–water partition coefficient (Wildman–Crippen LogP) is 2.34. The van der Waals surface area contributed by atoms with E-state index in [1.807, 2.05) is 6.07 Å². The molecule has 2 amide bonds. The Balaban J connectivity index is 2.28. The van der Waals surface area contributed by atoms with Gasteiger partial charge in [-0.1, -0.05) is 29.8 Å². The van der Waals surface area contributed by atoms with Crippen molar-refractivity contribution in [3.63, 3.8) is 0 Å². The van der Waals surface area contributed by atoms with Crippen molar-refractivity contribution in [3.05, 3.63) is 39.8 Å². The summed E-state index contributed by atoms with van der Waals surface area (Å²) >= 11 is 6.91. The molecule has 0 spiro atoms. The third kappa shape index (κ3) is 2.58. The number of carbonyl (C=O) groups excluding carboxylic acids is 2. The van der Waals surface area contributed by atoms with Gasteiger partial charge >= 0.3 is 0 Å². The molecule has 0 aromatic heterocycles. The average Bonchev–Trinajstić information content (AvgIpc) is 2.60. The van der Waals surface area contributed by atoms with Gasteiger partial charge in [-0.2, -0.15) is 0 Å². The van der Waals surface area contributed by atoms with Crippen molar-refractivity contribution in [3.8, 4) is 0 Å². The Hall–Kier alpha value is -1.30. The van der Waals surface area contributed by atoms with E-state index >= 15 is 0 Å². The smallest absolute Gasteiger partial charge is 0.293 e. The van der Waals surface area contributed by atoms with Gasteiger partial charge in [0.15, 0.2) is 0 Å². The van der Waals surface area contributed by atoms with Crippen LogP contribution in [0.1, 0.15) is 5.56 Å². The summed E-state index contributed by atoms with van der Waals surface area (Å²) in [6.45, 7) is 0.502. The lowest BCUT2D eigenvalue weighted by Gasteiger charge is -2.09. The number of hydrogen-bond acceptors (Lipinski definition) is 4. The molecule has 1 heterocycles. The topological polar surface area (TPSA) is 63.4 Å². The minimum atomic E-state index is -0.310. The number of rotatable bonds is 3. The normalized spacial score (nSPS) is 17.9. The van der Waals surface area contributed by atoms with Crippen LogP contribution in [-0.2, 0) is 4.79 Å². The van der Waals surface area contributed by atoms with E-state index in [0.717, 1.165) is 22.2 Å². The maximum Gasteiger partial charge on any atom is 0.293 e.